The van der Waals surface area contributed by atoms with E-state index in [-0.39, 0.29) is 0 Å². The number of hydrogen-bond acceptors (Lipinski definition) is 5. The Kier molecular flexibility index (Phi) is 5.88. The molecule has 1 fully saturated rings. The Hall–Kier alpha value is -0.810. The Morgan fingerprint density at radius 3 is 2.76 bits per heavy atom. The lowest BCUT2D eigenvalue weighted by molar-refractivity contribution is 0.138. The first kappa shape index (κ1) is 16.6. The van der Waals surface area contributed by atoms with Crippen LogP contribution in [0.5, 0.6) is 0 Å². The zero-order valence-electron chi connectivity index (χ0n) is 13.8. The second-order valence-corrected chi connectivity index (χ2v) is 6.58. The van der Waals surface area contributed by atoms with Crippen LogP contribution in [0, 0.1) is 6.92 Å². The number of aryl methyl sites for hydroxylation is 1. The van der Waals surface area contributed by atoms with E-state index in [1.807, 2.05) is 32.5 Å². The largest absolute Gasteiger partial charge is 0.379 e. The summed E-state index contributed by atoms with van der Waals surface area (Å²) < 4.78 is 5.69. The molecule has 3 heterocycles. The molecule has 1 atom stereocenters. The number of thioether (sulfide) groups is 1. The van der Waals surface area contributed by atoms with Gasteiger partial charge in [0.05, 0.1) is 23.2 Å². The molecule has 1 unspecified atom stereocenters. The molecule has 21 heavy (non-hydrogen) atoms. The first-order chi connectivity index (χ1) is 10.2. The molecule has 0 aliphatic carbocycles. The van der Waals surface area contributed by atoms with Gasteiger partial charge in [0.15, 0.2) is 0 Å². The van der Waals surface area contributed by atoms with Crippen LogP contribution >= 0.6 is 11.8 Å². The number of ether oxygens (including phenoxy) is 1. The summed E-state index contributed by atoms with van der Waals surface area (Å²) >= 11 is 1.90. The maximum absolute atomic E-state index is 5.69. The second kappa shape index (κ2) is 7.45. The molecule has 4 nitrogen and oxygen atoms in total. The predicted molar refractivity (Wildman–Crippen MR) is 89.5 cm³/mol. The number of hydrogen-bond donors (Lipinski definition) is 0. The third-order valence-electron chi connectivity index (χ3n) is 3.66. The highest BCUT2D eigenvalue weighted by Gasteiger charge is 2.32. The van der Waals surface area contributed by atoms with Crippen LogP contribution < -0.4 is 4.90 Å². The standard InChI is InChI=1S/C14H21N3OS.C2H6/c1-9(2)12-13-14(16-10(3)15-12)17-5-4-6-18-7-11(17)8-19-13;1-2/h9,11H,4-8H2,1-3H3;1-2H3. The molecular weight excluding hydrogens is 282 g/mol. The fraction of sp³-hybridized carbons (Fsp3) is 0.750. The summed E-state index contributed by atoms with van der Waals surface area (Å²) in [6, 6.07) is 0.467. The van der Waals surface area contributed by atoms with Gasteiger partial charge in [0.2, 0.25) is 0 Å². The minimum absolute atomic E-state index is 0.447. The maximum atomic E-state index is 5.69. The average Bonchev–Trinajstić information content (AvgIpc) is 2.73. The van der Waals surface area contributed by atoms with Crippen LogP contribution in [0.4, 0.5) is 5.82 Å². The molecule has 0 N–H and O–H groups in total. The van der Waals surface area contributed by atoms with Crippen molar-refractivity contribution in [2.24, 2.45) is 0 Å². The SMILES string of the molecule is CC.Cc1nc(C(C)C)c2c(n1)N1CCCOCC1CS2. The van der Waals surface area contributed by atoms with Crippen LogP contribution in [-0.4, -0.2) is 41.5 Å². The van der Waals surface area contributed by atoms with Crippen LogP contribution in [-0.2, 0) is 4.74 Å². The van der Waals surface area contributed by atoms with Crippen molar-refractivity contribution in [3.05, 3.63) is 11.5 Å². The van der Waals surface area contributed by atoms with E-state index >= 15 is 0 Å². The number of nitrogens with zero attached hydrogens (tertiary/aromatic N) is 3. The quantitative estimate of drug-likeness (QED) is 0.792. The Balaban J connectivity index is 0.000000774. The molecule has 0 saturated carbocycles. The van der Waals surface area contributed by atoms with Gasteiger partial charge in [-0.1, -0.05) is 27.7 Å². The van der Waals surface area contributed by atoms with Gasteiger partial charge < -0.3 is 9.64 Å². The summed E-state index contributed by atoms with van der Waals surface area (Å²) in [6.45, 7) is 13.2. The zero-order chi connectivity index (χ0) is 15.4. The van der Waals surface area contributed by atoms with E-state index in [0.717, 1.165) is 43.6 Å². The van der Waals surface area contributed by atoms with Crippen molar-refractivity contribution in [2.45, 2.75) is 57.9 Å². The Morgan fingerprint density at radius 2 is 2.05 bits per heavy atom. The second-order valence-electron chi connectivity index (χ2n) is 5.55. The van der Waals surface area contributed by atoms with Crippen molar-refractivity contribution in [3.8, 4) is 0 Å². The summed E-state index contributed by atoms with van der Waals surface area (Å²) in [6.07, 6.45) is 1.08. The lowest BCUT2D eigenvalue weighted by atomic mass is 10.1. The lowest BCUT2D eigenvalue weighted by Crippen LogP contribution is -2.43. The lowest BCUT2D eigenvalue weighted by Gasteiger charge is -2.36. The minimum atomic E-state index is 0.447. The molecule has 1 aromatic rings. The predicted octanol–water partition coefficient (Wildman–Crippen LogP) is 3.64. The summed E-state index contributed by atoms with van der Waals surface area (Å²) in [5.74, 6) is 3.55. The molecule has 0 amide bonds. The van der Waals surface area contributed by atoms with Gasteiger partial charge in [-0.2, -0.15) is 0 Å². The number of anilines is 1. The zero-order valence-corrected chi connectivity index (χ0v) is 14.7. The monoisotopic (exact) mass is 309 g/mol. The molecular formula is C16H27N3OS. The van der Waals surface area contributed by atoms with E-state index in [2.05, 4.69) is 23.7 Å². The van der Waals surface area contributed by atoms with Gasteiger partial charge >= 0.3 is 0 Å². The van der Waals surface area contributed by atoms with E-state index in [1.54, 1.807) is 0 Å². The van der Waals surface area contributed by atoms with Crippen molar-refractivity contribution >= 4 is 17.6 Å². The van der Waals surface area contributed by atoms with E-state index in [1.165, 1.54) is 10.6 Å². The van der Waals surface area contributed by atoms with Gasteiger partial charge in [-0.25, -0.2) is 9.97 Å². The van der Waals surface area contributed by atoms with Gasteiger partial charge in [0.25, 0.3) is 0 Å². The smallest absolute Gasteiger partial charge is 0.146 e. The topological polar surface area (TPSA) is 38.2 Å². The first-order valence-corrected chi connectivity index (χ1v) is 9.01. The van der Waals surface area contributed by atoms with E-state index < -0.39 is 0 Å². The molecule has 0 aromatic carbocycles. The van der Waals surface area contributed by atoms with Gasteiger partial charge in [0, 0.05) is 18.9 Å². The molecule has 3 rings (SSSR count). The number of aromatic nitrogens is 2. The molecule has 2 aliphatic rings. The molecule has 5 heteroatoms. The van der Waals surface area contributed by atoms with Crippen molar-refractivity contribution < 1.29 is 4.74 Å². The molecule has 1 aromatic heterocycles. The van der Waals surface area contributed by atoms with Crippen molar-refractivity contribution in [1.29, 1.82) is 0 Å². The van der Waals surface area contributed by atoms with E-state index in [9.17, 15) is 0 Å². The van der Waals surface area contributed by atoms with Crippen LogP contribution in [0.3, 0.4) is 0 Å². The third-order valence-corrected chi connectivity index (χ3v) is 4.90. The molecule has 1 saturated heterocycles. The molecule has 118 valence electrons. The average molecular weight is 309 g/mol. The number of rotatable bonds is 1. The summed E-state index contributed by atoms with van der Waals surface area (Å²) in [5, 5.41) is 0. The Labute approximate surface area is 132 Å². The normalized spacial score (nSPS) is 21.0. The molecule has 0 spiro atoms. The summed E-state index contributed by atoms with van der Waals surface area (Å²) in [7, 11) is 0. The highest BCUT2D eigenvalue weighted by molar-refractivity contribution is 7.99. The van der Waals surface area contributed by atoms with Gasteiger partial charge in [-0.15, -0.1) is 11.8 Å². The molecule has 0 radical (unpaired) electrons. The van der Waals surface area contributed by atoms with E-state index in [0.29, 0.717) is 12.0 Å². The molecule has 2 aliphatic heterocycles. The fourth-order valence-corrected chi connectivity index (χ4v) is 4.07. The maximum Gasteiger partial charge on any atom is 0.146 e. The van der Waals surface area contributed by atoms with E-state index in [4.69, 9.17) is 9.72 Å². The number of fused-ring (bicyclic) bond motifs is 3. The summed E-state index contributed by atoms with van der Waals surface area (Å²) in [5.41, 5.74) is 1.20. The Morgan fingerprint density at radius 1 is 1.29 bits per heavy atom. The van der Waals surface area contributed by atoms with Crippen molar-refractivity contribution in [1.82, 2.24) is 9.97 Å². The van der Waals surface area contributed by atoms with Gasteiger partial charge in [0.1, 0.15) is 11.6 Å². The summed E-state index contributed by atoms with van der Waals surface area (Å²) in [4.78, 5) is 13.1. The highest BCUT2D eigenvalue weighted by Crippen LogP contribution is 2.40. The van der Waals surface area contributed by atoms with Crippen molar-refractivity contribution in [2.75, 3.05) is 30.4 Å². The first-order valence-electron chi connectivity index (χ1n) is 8.02. The fourth-order valence-electron chi connectivity index (χ4n) is 2.72. The van der Waals surface area contributed by atoms with Crippen molar-refractivity contribution in [3.63, 3.8) is 0 Å². The van der Waals surface area contributed by atoms with Gasteiger partial charge in [-0.05, 0) is 19.3 Å². The molecule has 0 bridgehead atoms. The van der Waals surface area contributed by atoms with Crippen LogP contribution in [0.1, 0.15) is 51.6 Å². The minimum Gasteiger partial charge on any atom is -0.379 e. The highest BCUT2D eigenvalue weighted by atomic mass is 32.2. The third kappa shape index (κ3) is 3.51. The Bertz CT molecular complexity index is 479. The van der Waals surface area contributed by atoms with Crippen LogP contribution in [0.2, 0.25) is 0 Å². The van der Waals surface area contributed by atoms with Crippen LogP contribution in [0.15, 0.2) is 4.90 Å². The van der Waals surface area contributed by atoms with Gasteiger partial charge in [-0.3, -0.25) is 0 Å². The van der Waals surface area contributed by atoms with Crippen LogP contribution in [0.25, 0.3) is 0 Å².